The van der Waals surface area contributed by atoms with Gasteiger partial charge in [0.05, 0.1) is 9.75 Å². The number of aromatic nitrogens is 4. The molecule has 0 N–H and O–H groups in total. The Morgan fingerprint density at radius 3 is 2.69 bits per heavy atom. The van der Waals surface area contributed by atoms with Gasteiger partial charge in [0, 0.05) is 18.0 Å². The standard InChI is InChI=1S/C21H17N4S/c1-21(2,3)17-11-13-23-25-14-18(24-20(17)25)19-10-9-16(26-19)8-7-15-6-4-5-12-22-15/h4-6,9-13H,1-3H3. The van der Waals surface area contributed by atoms with Crippen molar-refractivity contribution in [1.29, 1.82) is 0 Å². The van der Waals surface area contributed by atoms with Gasteiger partial charge in [0.25, 0.3) is 0 Å². The Labute approximate surface area is 156 Å². The number of hydrogen-bond acceptors (Lipinski definition) is 4. The van der Waals surface area contributed by atoms with Crippen LogP contribution in [0.3, 0.4) is 0 Å². The molecule has 0 saturated carbocycles. The number of fused-ring (bicyclic) bond motifs is 1. The normalized spacial score (nSPS) is 11.3. The molecule has 0 aliphatic heterocycles. The van der Waals surface area contributed by atoms with Gasteiger partial charge in [-0.15, -0.1) is 11.3 Å². The molecule has 0 bridgehead atoms. The van der Waals surface area contributed by atoms with Gasteiger partial charge >= 0.3 is 0 Å². The number of imidazole rings is 1. The molecule has 4 nitrogen and oxygen atoms in total. The van der Waals surface area contributed by atoms with Gasteiger partial charge in [-0.2, -0.15) is 5.10 Å². The maximum absolute atomic E-state index is 4.78. The molecular weight excluding hydrogens is 340 g/mol. The predicted octanol–water partition coefficient (Wildman–Crippen LogP) is 4.35. The molecule has 26 heavy (non-hydrogen) atoms. The van der Waals surface area contributed by atoms with Crippen molar-refractivity contribution in [2.75, 3.05) is 0 Å². The third-order valence-electron chi connectivity index (χ3n) is 3.92. The van der Waals surface area contributed by atoms with E-state index in [1.54, 1.807) is 28.2 Å². The van der Waals surface area contributed by atoms with Crippen LogP contribution < -0.4 is 0 Å². The zero-order chi connectivity index (χ0) is 18.1. The molecule has 1 radical (unpaired) electrons. The highest BCUT2D eigenvalue weighted by Crippen LogP contribution is 2.30. The predicted molar refractivity (Wildman–Crippen MR) is 104 cm³/mol. The van der Waals surface area contributed by atoms with Crippen molar-refractivity contribution in [3.8, 4) is 22.4 Å². The fourth-order valence-electron chi connectivity index (χ4n) is 2.63. The summed E-state index contributed by atoms with van der Waals surface area (Å²) in [6.07, 6.45) is 6.80. The lowest BCUT2D eigenvalue weighted by atomic mass is 9.88. The Hall–Kier alpha value is -2.97. The van der Waals surface area contributed by atoms with Gasteiger partial charge in [-0.25, -0.2) is 14.5 Å². The molecule has 4 aromatic heterocycles. The second kappa shape index (κ2) is 6.40. The van der Waals surface area contributed by atoms with Crippen molar-refractivity contribution >= 4 is 17.0 Å². The van der Waals surface area contributed by atoms with Crippen LogP contribution in [0.1, 0.15) is 36.9 Å². The minimum absolute atomic E-state index is 0.00454. The van der Waals surface area contributed by atoms with Gasteiger partial charge in [0.2, 0.25) is 0 Å². The summed E-state index contributed by atoms with van der Waals surface area (Å²) in [5.74, 6) is 6.24. The second-order valence-electron chi connectivity index (χ2n) is 6.93. The Morgan fingerprint density at radius 1 is 1.04 bits per heavy atom. The quantitative estimate of drug-likeness (QED) is 0.476. The molecule has 4 heterocycles. The van der Waals surface area contributed by atoms with Gasteiger partial charge in [0.1, 0.15) is 17.6 Å². The lowest BCUT2D eigenvalue weighted by Gasteiger charge is -2.18. The number of nitrogens with zero attached hydrogens (tertiary/aromatic N) is 4. The third kappa shape index (κ3) is 3.24. The van der Waals surface area contributed by atoms with Crippen molar-refractivity contribution in [2.45, 2.75) is 26.2 Å². The topological polar surface area (TPSA) is 43.1 Å². The highest BCUT2D eigenvalue weighted by atomic mass is 32.1. The van der Waals surface area contributed by atoms with Crippen molar-refractivity contribution in [3.63, 3.8) is 0 Å². The van der Waals surface area contributed by atoms with Crippen LogP contribution in [0.5, 0.6) is 0 Å². The summed E-state index contributed by atoms with van der Waals surface area (Å²) in [6, 6.07) is 11.8. The fourth-order valence-corrected chi connectivity index (χ4v) is 3.43. The molecule has 0 unspecified atom stereocenters. The first-order valence-electron chi connectivity index (χ1n) is 8.31. The summed E-state index contributed by atoms with van der Waals surface area (Å²) < 4.78 is 1.73. The molecule has 0 aromatic carbocycles. The summed E-state index contributed by atoms with van der Waals surface area (Å²) in [4.78, 5) is 11.0. The lowest BCUT2D eigenvalue weighted by molar-refractivity contribution is 0.588. The number of hydrogen-bond donors (Lipinski definition) is 0. The SMILES string of the molecule is CC(C)(C)c1ccnn2[c]c(-c3ccc(C#Cc4ccccn4)s3)nc12. The first-order chi connectivity index (χ1) is 12.5. The Bertz CT molecular complexity index is 1120. The van der Waals surface area contributed by atoms with Crippen LogP contribution in [0.2, 0.25) is 0 Å². The maximum atomic E-state index is 4.78. The molecule has 0 atom stereocenters. The fraction of sp³-hybridized carbons (Fsp3) is 0.190. The molecule has 0 amide bonds. The second-order valence-corrected chi connectivity index (χ2v) is 8.02. The first kappa shape index (κ1) is 16.5. The van der Waals surface area contributed by atoms with Crippen molar-refractivity contribution < 1.29 is 0 Å². The van der Waals surface area contributed by atoms with E-state index >= 15 is 0 Å². The molecule has 0 aliphatic carbocycles. The highest BCUT2D eigenvalue weighted by Gasteiger charge is 2.20. The lowest BCUT2D eigenvalue weighted by Crippen LogP contribution is -2.13. The molecule has 4 aromatic rings. The molecule has 0 fully saturated rings. The van der Waals surface area contributed by atoms with E-state index in [4.69, 9.17) is 4.98 Å². The number of rotatable bonds is 1. The molecule has 127 valence electrons. The Morgan fingerprint density at radius 2 is 1.92 bits per heavy atom. The van der Waals surface area contributed by atoms with Crippen LogP contribution in [0.15, 0.2) is 48.8 Å². The summed E-state index contributed by atoms with van der Waals surface area (Å²) in [5.41, 5.74) is 3.56. The largest absolute Gasteiger partial charge is 0.248 e. The molecular formula is C21H17N4S. The van der Waals surface area contributed by atoms with E-state index in [9.17, 15) is 0 Å². The van der Waals surface area contributed by atoms with Crippen LogP contribution in [0, 0.1) is 18.0 Å². The number of thiophene rings is 1. The maximum Gasteiger partial charge on any atom is 0.158 e. The minimum atomic E-state index is -0.00454. The summed E-state index contributed by atoms with van der Waals surface area (Å²) in [5, 5.41) is 4.35. The van der Waals surface area contributed by atoms with E-state index in [0.29, 0.717) is 0 Å². The van der Waals surface area contributed by atoms with Crippen LogP contribution in [-0.2, 0) is 5.41 Å². The Balaban J connectivity index is 1.69. The highest BCUT2D eigenvalue weighted by molar-refractivity contribution is 7.16. The van der Waals surface area contributed by atoms with Crippen LogP contribution in [-0.4, -0.2) is 19.6 Å². The molecule has 0 spiro atoms. The third-order valence-corrected chi connectivity index (χ3v) is 4.93. The van der Waals surface area contributed by atoms with Crippen LogP contribution in [0.4, 0.5) is 0 Å². The van der Waals surface area contributed by atoms with E-state index < -0.39 is 0 Å². The first-order valence-corrected chi connectivity index (χ1v) is 9.13. The van der Waals surface area contributed by atoms with Gasteiger partial charge in [-0.3, -0.25) is 0 Å². The average Bonchev–Trinajstić information content (AvgIpc) is 3.26. The molecule has 0 aliphatic rings. The number of pyridine rings is 1. The average molecular weight is 357 g/mol. The summed E-state index contributed by atoms with van der Waals surface area (Å²) in [6.45, 7) is 6.52. The van der Waals surface area contributed by atoms with E-state index in [2.05, 4.69) is 48.9 Å². The van der Waals surface area contributed by atoms with E-state index in [1.165, 1.54) is 0 Å². The zero-order valence-electron chi connectivity index (χ0n) is 14.8. The van der Waals surface area contributed by atoms with Crippen LogP contribution >= 0.6 is 11.3 Å². The summed E-state index contributed by atoms with van der Waals surface area (Å²) >= 11 is 1.60. The smallest absolute Gasteiger partial charge is 0.158 e. The van der Waals surface area contributed by atoms with Gasteiger partial charge in [-0.05, 0) is 47.6 Å². The molecule has 4 rings (SSSR count). The van der Waals surface area contributed by atoms with Crippen molar-refractivity contribution in [1.82, 2.24) is 19.6 Å². The van der Waals surface area contributed by atoms with E-state index in [1.807, 2.05) is 36.4 Å². The summed E-state index contributed by atoms with van der Waals surface area (Å²) in [7, 11) is 0. The minimum Gasteiger partial charge on any atom is -0.248 e. The van der Waals surface area contributed by atoms with E-state index in [-0.39, 0.29) is 5.41 Å². The van der Waals surface area contributed by atoms with Gasteiger partial charge in [-0.1, -0.05) is 26.8 Å². The molecule has 0 saturated heterocycles. The van der Waals surface area contributed by atoms with Gasteiger partial charge < -0.3 is 0 Å². The zero-order valence-corrected chi connectivity index (χ0v) is 15.6. The van der Waals surface area contributed by atoms with Crippen molar-refractivity contribution in [2.24, 2.45) is 0 Å². The Kier molecular flexibility index (Phi) is 4.06. The monoisotopic (exact) mass is 357 g/mol. The van der Waals surface area contributed by atoms with E-state index in [0.717, 1.165) is 32.4 Å². The molecule has 5 heteroatoms. The van der Waals surface area contributed by atoms with Crippen molar-refractivity contribution in [3.05, 3.63) is 71.1 Å². The van der Waals surface area contributed by atoms with Gasteiger partial charge in [0.15, 0.2) is 5.65 Å². The van der Waals surface area contributed by atoms with Crippen LogP contribution in [0.25, 0.3) is 16.2 Å².